The van der Waals surface area contributed by atoms with Gasteiger partial charge in [0.05, 0.1) is 6.04 Å². The Bertz CT molecular complexity index is 627. The number of benzene rings is 1. The second-order valence-electron chi connectivity index (χ2n) is 5.99. The number of fused-ring (bicyclic) bond motifs is 2. The van der Waals surface area contributed by atoms with Gasteiger partial charge in [-0.1, -0.05) is 12.1 Å². The fourth-order valence-electron chi connectivity index (χ4n) is 3.09. The average molecular weight is 294 g/mol. The molecule has 1 aliphatic carbocycles. The van der Waals surface area contributed by atoms with Crippen LogP contribution in [0.2, 0.25) is 0 Å². The number of hydrogen-bond donors (Lipinski definition) is 1. The van der Waals surface area contributed by atoms with Gasteiger partial charge in [-0.05, 0) is 30.9 Å². The van der Waals surface area contributed by atoms with E-state index in [1.165, 1.54) is 12.8 Å². The Labute approximate surface area is 119 Å². The molecule has 1 saturated carbocycles. The fraction of sp³-hybridized carbons (Fsp3) is 0.571. The minimum atomic E-state index is -3.47. The summed E-state index contributed by atoms with van der Waals surface area (Å²) in [6, 6.07) is 6.72. The van der Waals surface area contributed by atoms with Crippen LogP contribution in [-0.2, 0) is 10.0 Å². The summed E-state index contributed by atoms with van der Waals surface area (Å²) in [6.07, 6.45) is 2.52. The molecule has 2 atom stereocenters. The molecule has 0 aromatic heterocycles. The van der Waals surface area contributed by atoms with Gasteiger partial charge in [-0.15, -0.1) is 0 Å². The number of hydrogen-bond acceptors (Lipinski definition) is 4. The molecule has 3 aliphatic rings. The predicted molar refractivity (Wildman–Crippen MR) is 74.1 cm³/mol. The largest absolute Gasteiger partial charge is 0.486 e. The topological polar surface area (TPSA) is 58.6 Å². The monoisotopic (exact) mass is 294 g/mol. The van der Waals surface area contributed by atoms with E-state index in [4.69, 9.17) is 4.74 Å². The summed E-state index contributed by atoms with van der Waals surface area (Å²) in [7, 11) is -3.47. The SMILES string of the molecule is O=S1(=O)N[C@@H]2CN(CC3CC3)C[C@@H]2Oc2ccccc21. The molecule has 0 spiro atoms. The first kappa shape index (κ1) is 12.6. The van der Waals surface area contributed by atoms with Crippen LogP contribution in [-0.4, -0.2) is 45.1 Å². The van der Waals surface area contributed by atoms with Crippen LogP contribution < -0.4 is 9.46 Å². The summed E-state index contributed by atoms with van der Waals surface area (Å²) in [5, 5.41) is 0. The molecule has 20 heavy (non-hydrogen) atoms. The molecule has 6 heteroatoms. The Morgan fingerprint density at radius 2 is 2.05 bits per heavy atom. The molecule has 2 aliphatic heterocycles. The van der Waals surface area contributed by atoms with Crippen LogP contribution in [0.1, 0.15) is 12.8 Å². The lowest BCUT2D eigenvalue weighted by molar-refractivity contribution is 0.184. The van der Waals surface area contributed by atoms with E-state index in [2.05, 4.69) is 9.62 Å². The van der Waals surface area contributed by atoms with Crippen LogP contribution in [0.25, 0.3) is 0 Å². The van der Waals surface area contributed by atoms with Crippen LogP contribution >= 0.6 is 0 Å². The van der Waals surface area contributed by atoms with Gasteiger partial charge in [0.25, 0.3) is 0 Å². The molecular weight excluding hydrogens is 276 g/mol. The summed E-state index contributed by atoms with van der Waals surface area (Å²) >= 11 is 0. The van der Waals surface area contributed by atoms with E-state index in [0.717, 1.165) is 25.6 Å². The van der Waals surface area contributed by atoms with Crippen molar-refractivity contribution < 1.29 is 13.2 Å². The highest BCUT2D eigenvalue weighted by Crippen LogP contribution is 2.33. The summed E-state index contributed by atoms with van der Waals surface area (Å²) in [6.45, 7) is 2.62. The van der Waals surface area contributed by atoms with Crippen LogP contribution in [0.4, 0.5) is 0 Å². The standard InChI is InChI=1S/C14H18N2O3S/c17-20(18)14-4-2-1-3-12(14)19-13-9-16(7-10-5-6-10)8-11(13)15-20/h1-4,10-11,13,15H,5-9H2/t11-,13+/m1/s1. The molecule has 2 heterocycles. The Balaban J connectivity index is 1.62. The highest BCUT2D eigenvalue weighted by Gasteiger charge is 2.42. The van der Waals surface area contributed by atoms with Crippen molar-refractivity contribution in [3.63, 3.8) is 0 Å². The molecule has 0 radical (unpaired) electrons. The maximum atomic E-state index is 12.4. The van der Waals surface area contributed by atoms with Gasteiger partial charge in [0, 0.05) is 19.6 Å². The molecule has 1 N–H and O–H groups in total. The number of para-hydroxylation sites is 1. The van der Waals surface area contributed by atoms with E-state index in [9.17, 15) is 8.42 Å². The number of ether oxygens (including phenoxy) is 1. The van der Waals surface area contributed by atoms with Gasteiger partial charge in [-0.2, -0.15) is 0 Å². The average Bonchev–Trinajstić information content (AvgIpc) is 3.15. The van der Waals surface area contributed by atoms with Crippen molar-refractivity contribution in [2.75, 3.05) is 19.6 Å². The highest BCUT2D eigenvalue weighted by atomic mass is 32.2. The summed E-state index contributed by atoms with van der Waals surface area (Å²) in [5.41, 5.74) is 0. The Morgan fingerprint density at radius 3 is 2.85 bits per heavy atom. The lowest BCUT2D eigenvalue weighted by atomic mass is 10.2. The quantitative estimate of drug-likeness (QED) is 0.877. The minimum absolute atomic E-state index is 0.0906. The summed E-state index contributed by atoms with van der Waals surface area (Å²) < 4.78 is 33.5. The molecule has 1 aromatic rings. The van der Waals surface area contributed by atoms with Gasteiger partial charge >= 0.3 is 0 Å². The lowest BCUT2D eigenvalue weighted by Crippen LogP contribution is -2.42. The predicted octanol–water partition coefficient (Wildman–Crippen LogP) is 0.820. The van der Waals surface area contributed by atoms with E-state index < -0.39 is 10.0 Å². The molecule has 0 unspecified atom stereocenters. The second-order valence-corrected chi connectivity index (χ2v) is 7.68. The molecule has 4 rings (SSSR count). The number of nitrogens with one attached hydrogen (secondary N) is 1. The van der Waals surface area contributed by atoms with Gasteiger partial charge < -0.3 is 4.74 Å². The van der Waals surface area contributed by atoms with E-state index in [-0.39, 0.29) is 17.0 Å². The molecule has 1 aromatic carbocycles. The normalized spacial score (nSPS) is 32.0. The molecule has 108 valence electrons. The van der Waals surface area contributed by atoms with Crippen LogP contribution in [0.15, 0.2) is 29.2 Å². The maximum Gasteiger partial charge on any atom is 0.244 e. The highest BCUT2D eigenvalue weighted by molar-refractivity contribution is 7.89. The third-order valence-electron chi connectivity index (χ3n) is 4.28. The number of rotatable bonds is 2. The van der Waals surface area contributed by atoms with Gasteiger partial charge in [0.15, 0.2) is 0 Å². The van der Waals surface area contributed by atoms with E-state index in [0.29, 0.717) is 5.75 Å². The minimum Gasteiger partial charge on any atom is -0.486 e. The third-order valence-corrected chi connectivity index (χ3v) is 5.81. The number of sulfonamides is 1. The smallest absolute Gasteiger partial charge is 0.244 e. The summed E-state index contributed by atoms with van der Waals surface area (Å²) in [4.78, 5) is 2.58. The van der Waals surface area contributed by atoms with E-state index in [1.807, 2.05) is 6.07 Å². The zero-order valence-corrected chi connectivity index (χ0v) is 12.0. The second kappa shape index (κ2) is 4.44. The summed E-state index contributed by atoms with van der Waals surface area (Å²) in [5.74, 6) is 1.28. The van der Waals surface area contributed by atoms with Crippen molar-refractivity contribution in [3.8, 4) is 5.75 Å². The molecule has 0 amide bonds. The number of likely N-dealkylation sites (tertiary alicyclic amines) is 1. The molecule has 5 nitrogen and oxygen atoms in total. The molecule has 2 fully saturated rings. The Kier molecular flexibility index (Phi) is 2.80. The first-order valence-corrected chi connectivity index (χ1v) is 8.60. The van der Waals surface area contributed by atoms with Gasteiger partial charge in [-0.3, -0.25) is 4.90 Å². The van der Waals surface area contributed by atoms with E-state index in [1.54, 1.807) is 18.2 Å². The zero-order chi connectivity index (χ0) is 13.7. The first-order chi connectivity index (χ1) is 9.62. The van der Waals surface area contributed by atoms with Crippen LogP contribution in [0.5, 0.6) is 5.75 Å². The third kappa shape index (κ3) is 2.21. The van der Waals surface area contributed by atoms with Crippen molar-refractivity contribution >= 4 is 10.0 Å². The van der Waals surface area contributed by atoms with Crippen LogP contribution in [0.3, 0.4) is 0 Å². The lowest BCUT2D eigenvalue weighted by Gasteiger charge is -2.16. The molecular formula is C14H18N2O3S. The maximum absolute atomic E-state index is 12.4. The van der Waals surface area contributed by atoms with Gasteiger partial charge in [0.2, 0.25) is 10.0 Å². The van der Waals surface area contributed by atoms with Crippen molar-refractivity contribution in [2.24, 2.45) is 5.92 Å². The Morgan fingerprint density at radius 1 is 1.25 bits per heavy atom. The van der Waals surface area contributed by atoms with E-state index >= 15 is 0 Å². The van der Waals surface area contributed by atoms with Gasteiger partial charge in [-0.25, -0.2) is 13.1 Å². The Hall–Kier alpha value is -1.11. The van der Waals surface area contributed by atoms with Crippen molar-refractivity contribution in [1.29, 1.82) is 0 Å². The first-order valence-electron chi connectivity index (χ1n) is 7.12. The van der Waals surface area contributed by atoms with Crippen LogP contribution in [0, 0.1) is 5.92 Å². The fourth-order valence-corrected chi connectivity index (χ4v) is 4.49. The van der Waals surface area contributed by atoms with Crippen molar-refractivity contribution in [1.82, 2.24) is 9.62 Å². The van der Waals surface area contributed by atoms with Gasteiger partial charge in [0.1, 0.15) is 16.7 Å². The molecule has 1 saturated heterocycles. The van der Waals surface area contributed by atoms with Crippen molar-refractivity contribution in [2.45, 2.75) is 29.9 Å². The van der Waals surface area contributed by atoms with Crippen molar-refractivity contribution in [3.05, 3.63) is 24.3 Å². The molecule has 0 bridgehead atoms. The zero-order valence-electron chi connectivity index (χ0n) is 11.2. The number of nitrogens with zero attached hydrogens (tertiary/aromatic N) is 1.